The molecule has 0 amide bonds. The minimum Gasteiger partial charge on any atom is -0.393 e. The fourth-order valence-electron chi connectivity index (χ4n) is 8.69. The van der Waals surface area contributed by atoms with Crippen molar-refractivity contribution in [3.05, 3.63) is 30.4 Å². The summed E-state index contributed by atoms with van der Waals surface area (Å²) in [6, 6.07) is 0. The van der Waals surface area contributed by atoms with Crippen LogP contribution < -0.4 is 0 Å². The Labute approximate surface area is 194 Å². The first kappa shape index (κ1) is 22.7. The van der Waals surface area contributed by atoms with Gasteiger partial charge in [-0.15, -0.1) is 0 Å². The highest BCUT2D eigenvalue weighted by molar-refractivity contribution is 5.20. The molecule has 3 saturated carbocycles. The van der Waals surface area contributed by atoms with Gasteiger partial charge in [-0.05, 0) is 119 Å². The van der Waals surface area contributed by atoms with Gasteiger partial charge in [-0.25, -0.2) is 4.98 Å². The number of aliphatic hydroxyl groups excluding tert-OH is 1. The second-order valence-electron chi connectivity index (χ2n) is 12.6. The van der Waals surface area contributed by atoms with Crippen LogP contribution in [-0.2, 0) is 6.54 Å². The molecule has 4 unspecified atom stereocenters. The first-order valence-corrected chi connectivity index (χ1v) is 13.3. The molecule has 0 spiro atoms. The number of nitrogens with zero attached hydrogens (tertiary/aromatic N) is 2. The number of aliphatic hydroxyl groups is 2. The van der Waals surface area contributed by atoms with Crippen LogP contribution in [0.2, 0.25) is 0 Å². The number of fused-ring (bicyclic) bond motifs is 5. The zero-order valence-corrected chi connectivity index (χ0v) is 20.4. The molecular formula is C28H44N2O2. The van der Waals surface area contributed by atoms with Crippen LogP contribution in [0, 0.1) is 40.9 Å². The molecule has 5 rings (SSSR count). The molecule has 4 heteroatoms. The Morgan fingerprint density at radius 3 is 2.78 bits per heavy atom. The first-order chi connectivity index (χ1) is 15.2. The Morgan fingerprint density at radius 2 is 2.03 bits per heavy atom. The highest BCUT2D eigenvalue weighted by Gasteiger charge is 2.57. The minimum atomic E-state index is -0.597. The lowest BCUT2D eigenvalue weighted by molar-refractivity contribution is -0.0360. The lowest BCUT2D eigenvalue weighted by Gasteiger charge is -2.54. The third-order valence-electron chi connectivity index (χ3n) is 10.2. The molecule has 4 aliphatic carbocycles. The molecule has 0 radical (unpaired) electrons. The molecule has 0 saturated heterocycles. The molecule has 4 nitrogen and oxygen atoms in total. The monoisotopic (exact) mass is 440 g/mol. The molecule has 2 N–H and O–H groups in total. The number of allylic oxidation sites excluding steroid dienone is 1. The van der Waals surface area contributed by atoms with Crippen molar-refractivity contribution >= 4 is 0 Å². The molecule has 0 aliphatic heterocycles. The SMILES string of the molecule is CC(C)(O)CCC(Cn1ccnc1)[C@H]1CCC2C3CC=C4C[C@@H](O)CC[C@@H]4C3CC[C@@]21C. The third kappa shape index (κ3) is 4.22. The van der Waals surface area contributed by atoms with Gasteiger partial charge < -0.3 is 14.8 Å². The maximum Gasteiger partial charge on any atom is 0.0945 e. The largest absolute Gasteiger partial charge is 0.393 e. The number of imidazole rings is 1. The average Bonchev–Trinajstić information content (AvgIpc) is 3.37. The van der Waals surface area contributed by atoms with E-state index < -0.39 is 5.60 Å². The Bertz CT molecular complexity index is 810. The molecular weight excluding hydrogens is 396 g/mol. The molecule has 3 fully saturated rings. The van der Waals surface area contributed by atoms with Gasteiger partial charge in [0, 0.05) is 18.9 Å². The van der Waals surface area contributed by atoms with E-state index in [1.54, 1.807) is 5.57 Å². The van der Waals surface area contributed by atoms with Crippen molar-refractivity contribution in [2.45, 2.75) is 103 Å². The summed E-state index contributed by atoms with van der Waals surface area (Å²) in [5.74, 6) is 4.60. The second-order valence-corrected chi connectivity index (χ2v) is 12.6. The molecule has 1 heterocycles. The van der Waals surface area contributed by atoms with Crippen molar-refractivity contribution in [2.24, 2.45) is 40.9 Å². The van der Waals surface area contributed by atoms with Gasteiger partial charge in [-0.1, -0.05) is 18.6 Å². The van der Waals surface area contributed by atoms with Crippen LogP contribution in [0.15, 0.2) is 30.4 Å². The zero-order valence-electron chi connectivity index (χ0n) is 20.4. The standard InChI is InChI=1S/C28H44N2O2/c1-27(2,32)12-10-20(17-30-15-14-29-18-30)25-8-9-26-24-6-4-19-16-21(31)5-7-22(19)23(24)11-13-28(25,26)3/h4,14-15,18,20-26,31-32H,5-13,16-17H2,1-3H3/t20?,21-,22-,23?,24?,25+,26?,28+/m0/s1. The fraction of sp³-hybridized carbons (Fsp3) is 0.821. The van der Waals surface area contributed by atoms with Crippen molar-refractivity contribution in [1.82, 2.24) is 9.55 Å². The van der Waals surface area contributed by atoms with E-state index in [0.717, 1.165) is 61.8 Å². The Hall–Kier alpha value is -1.13. The van der Waals surface area contributed by atoms with Crippen molar-refractivity contribution in [1.29, 1.82) is 0 Å². The lowest BCUT2D eigenvalue weighted by Crippen LogP contribution is -2.47. The van der Waals surface area contributed by atoms with Crippen LogP contribution in [-0.4, -0.2) is 31.5 Å². The predicted octanol–water partition coefficient (Wildman–Crippen LogP) is 5.60. The minimum absolute atomic E-state index is 0.0986. The van der Waals surface area contributed by atoms with Crippen molar-refractivity contribution < 1.29 is 10.2 Å². The van der Waals surface area contributed by atoms with Crippen molar-refractivity contribution in [2.75, 3.05) is 0 Å². The van der Waals surface area contributed by atoms with E-state index in [4.69, 9.17) is 0 Å². The summed E-state index contributed by atoms with van der Waals surface area (Å²) in [5.41, 5.74) is 1.41. The summed E-state index contributed by atoms with van der Waals surface area (Å²) in [5, 5.41) is 20.7. The first-order valence-electron chi connectivity index (χ1n) is 13.3. The van der Waals surface area contributed by atoms with E-state index in [1.165, 1.54) is 38.5 Å². The summed E-state index contributed by atoms with van der Waals surface area (Å²) in [6.07, 6.45) is 20.2. The van der Waals surface area contributed by atoms with Gasteiger partial charge >= 0.3 is 0 Å². The van der Waals surface area contributed by atoms with Gasteiger partial charge in [0.2, 0.25) is 0 Å². The molecule has 4 aliphatic rings. The fourth-order valence-corrected chi connectivity index (χ4v) is 8.69. The smallest absolute Gasteiger partial charge is 0.0945 e. The summed E-state index contributed by atoms with van der Waals surface area (Å²) in [4.78, 5) is 4.30. The molecule has 8 atom stereocenters. The van der Waals surface area contributed by atoms with Crippen molar-refractivity contribution in [3.63, 3.8) is 0 Å². The van der Waals surface area contributed by atoms with Crippen LogP contribution in [0.1, 0.15) is 85.0 Å². The Kier molecular flexibility index (Phi) is 6.07. The van der Waals surface area contributed by atoms with E-state index in [-0.39, 0.29) is 6.10 Å². The predicted molar refractivity (Wildman–Crippen MR) is 128 cm³/mol. The van der Waals surface area contributed by atoms with Crippen LogP contribution in [0.5, 0.6) is 0 Å². The molecule has 1 aromatic heterocycles. The Morgan fingerprint density at radius 1 is 1.19 bits per heavy atom. The van der Waals surface area contributed by atoms with E-state index >= 15 is 0 Å². The van der Waals surface area contributed by atoms with Gasteiger partial charge in [0.1, 0.15) is 0 Å². The maximum absolute atomic E-state index is 10.5. The van der Waals surface area contributed by atoms with Crippen LogP contribution in [0.3, 0.4) is 0 Å². The maximum atomic E-state index is 10.5. The lowest BCUT2D eigenvalue weighted by atomic mass is 9.51. The number of hydrogen-bond acceptors (Lipinski definition) is 3. The summed E-state index contributed by atoms with van der Waals surface area (Å²) in [6.45, 7) is 7.57. The quantitative estimate of drug-likeness (QED) is 0.566. The summed E-state index contributed by atoms with van der Waals surface area (Å²) < 4.78 is 2.26. The van der Waals surface area contributed by atoms with Gasteiger partial charge in [0.05, 0.1) is 18.0 Å². The number of hydrogen-bond donors (Lipinski definition) is 2. The third-order valence-corrected chi connectivity index (χ3v) is 10.2. The molecule has 1 aromatic rings. The van der Waals surface area contributed by atoms with Gasteiger partial charge in [0.25, 0.3) is 0 Å². The van der Waals surface area contributed by atoms with Gasteiger partial charge in [-0.2, -0.15) is 0 Å². The number of aromatic nitrogens is 2. The number of rotatable bonds is 6. The van der Waals surface area contributed by atoms with E-state index in [9.17, 15) is 10.2 Å². The van der Waals surface area contributed by atoms with Gasteiger partial charge in [-0.3, -0.25) is 0 Å². The van der Waals surface area contributed by atoms with Crippen LogP contribution >= 0.6 is 0 Å². The second kappa shape index (κ2) is 8.58. The van der Waals surface area contributed by atoms with E-state index in [2.05, 4.69) is 28.7 Å². The zero-order chi connectivity index (χ0) is 22.5. The highest BCUT2D eigenvalue weighted by Crippen LogP contribution is 2.65. The molecule has 0 aromatic carbocycles. The van der Waals surface area contributed by atoms with Gasteiger partial charge in [0.15, 0.2) is 0 Å². The summed E-state index contributed by atoms with van der Waals surface area (Å²) >= 11 is 0. The highest BCUT2D eigenvalue weighted by atomic mass is 16.3. The Balaban J connectivity index is 1.36. The van der Waals surface area contributed by atoms with E-state index in [1.807, 2.05) is 26.4 Å². The topological polar surface area (TPSA) is 58.3 Å². The molecule has 178 valence electrons. The summed E-state index contributed by atoms with van der Waals surface area (Å²) in [7, 11) is 0. The molecule has 0 bridgehead atoms. The average molecular weight is 441 g/mol. The normalized spacial score (nSPS) is 40.2. The van der Waals surface area contributed by atoms with Crippen LogP contribution in [0.25, 0.3) is 0 Å². The van der Waals surface area contributed by atoms with E-state index in [0.29, 0.717) is 11.3 Å². The van der Waals surface area contributed by atoms with Crippen molar-refractivity contribution in [3.8, 4) is 0 Å². The molecule has 32 heavy (non-hydrogen) atoms. The van der Waals surface area contributed by atoms with Crippen LogP contribution in [0.4, 0.5) is 0 Å².